The zero-order valence-corrected chi connectivity index (χ0v) is 13.0. The molecule has 1 N–H and O–H groups in total. The predicted molar refractivity (Wildman–Crippen MR) is 80.6 cm³/mol. The van der Waals surface area contributed by atoms with Gasteiger partial charge in [0.25, 0.3) is 0 Å². The van der Waals surface area contributed by atoms with E-state index in [0.717, 1.165) is 48.4 Å². The van der Waals surface area contributed by atoms with Gasteiger partial charge < -0.3 is 5.32 Å². The number of aromatic nitrogens is 2. The Balaban J connectivity index is 1.82. The van der Waals surface area contributed by atoms with Gasteiger partial charge in [-0.3, -0.25) is 4.68 Å². The molecule has 0 aliphatic heterocycles. The highest BCUT2D eigenvalue weighted by atomic mass is 35.5. The highest BCUT2D eigenvalue weighted by Crippen LogP contribution is 2.27. The zero-order chi connectivity index (χ0) is 13.7. The maximum absolute atomic E-state index is 6.39. The lowest BCUT2D eigenvalue weighted by Crippen LogP contribution is -2.19. The summed E-state index contributed by atoms with van der Waals surface area (Å²) in [5.74, 6) is 0.949. The van der Waals surface area contributed by atoms with Gasteiger partial charge in [-0.15, -0.1) is 0 Å². The van der Waals surface area contributed by atoms with Crippen molar-refractivity contribution in [3.8, 4) is 0 Å². The van der Waals surface area contributed by atoms with Crippen LogP contribution < -0.4 is 5.32 Å². The van der Waals surface area contributed by atoms with Crippen molar-refractivity contribution in [2.75, 3.05) is 6.54 Å². The van der Waals surface area contributed by atoms with Crippen LogP contribution in [0.3, 0.4) is 0 Å². The van der Waals surface area contributed by atoms with Gasteiger partial charge in [0.05, 0.1) is 16.4 Å². The Morgan fingerprint density at radius 3 is 2.68 bits per heavy atom. The van der Waals surface area contributed by atoms with E-state index in [1.807, 2.05) is 4.68 Å². The molecule has 0 saturated heterocycles. The number of nitrogens with zero attached hydrogens (tertiary/aromatic N) is 2. The molecule has 1 aromatic rings. The van der Waals surface area contributed by atoms with Crippen molar-refractivity contribution in [3.05, 3.63) is 16.4 Å². The number of hydrogen-bond donors (Lipinski definition) is 1. The van der Waals surface area contributed by atoms with Gasteiger partial charge >= 0.3 is 0 Å². The average molecular weight is 284 g/mol. The smallest absolute Gasteiger partial charge is 0.0863 e. The third-order valence-corrected chi connectivity index (χ3v) is 4.63. The van der Waals surface area contributed by atoms with Crippen LogP contribution in [-0.2, 0) is 19.5 Å². The molecule has 1 fully saturated rings. The number of halogens is 1. The molecule has 2 rings (SSSR count). The molecule has 108 valence electrons. The second-order valence-corrected chi connectivity index (χ2v) is 5.87. The normalized spacial score (nSPS) is 16.4. The highest BCUT2D eigenvalue weighted by molar-refractivity contribution is 6.31. The molecule has 0 unspecified atom stereocenters. The molecule has 3 nitrogen and oxygen atoms in total. The number of nitrogens with one attached hydrogen (secondary N) is 1. The predicted octanol–water partition coefficient (Wildman–Crippen LogP) is 3.79. The average Bonchev–Trinajstić information content (AvgIpc) is 3.03. The quantitative estimate of drug-likeness (QED) is 0.772. The molecule has 0 atom stereocenters. The minimum Gasteiger partial charge on any atom is -0.311 e. The molecular formula is C15H26ClN3. The molecule has 1 aromatic heterocycles. The van der Waals surface area contributed by atoms with E-state index in [4.69, 9.17) is 11.6 Å². The molecule has 0 radical (unpaired) electrons. The van der Waals surface area contributed by atoms with E-state index in [0.29, 0.717) is 0 Å². The molecule has 1 aliphatic rings. The van der Waals surface area contributed by atoms with Crippen LogP contribution in [0.1, 0.15) is 57.3 Å². The van der Waals surface area contributed by atoms with Crippen molar-refractivity contribution in [3.63, 3.8) is 0 Å². The Bertz CT molecular complexity index is 394. The summed E-state index contributed by atoms with van der Waals surface area (Å²) >= 11 is 6.39. The van der Waals surface area contributed by atoms with Crippen molar-refractivity contribution in [1.82, 2.24) is 15.1 Å². The summed E-state index contributed by atoms with van der Waals surface area (Å²) in [5, 5.41) is 8.94. The first kappa shape index (κ1) is 14.9. The Hall–Kier alpha value is -0.540. The summed E-state index contributed by atoms with van der Waals surface area (Å²) < 4.78 is 2.03. The van der Waals surface area contributed by atoms with Crippen LogP contribution in [0.4, 0.5) is 0 Å². The van der Waals surface area contributed by atoms with E-state index in [2.05, 4.69) is 24.3 Å². The topological polar surface area (TPSA) is 29.9 Å². The van der Waals surface area contributed by atoms with Gasteiger partial charge in [-0.2, -0.15) is 5.10 Å². The molecule has 0 spiro atoms. The second kappa shape index (κ2) is 7.30. The van der Waals surface area contributed by atoms with E-state index in [1.54, 1.807) is 0 Å². The Morgan fingerprint density at radius 1 is 1.32 bits per heavy atom. The van der Waals surface area contributed by atoms with Gasteiger partial charge in [0.15, 0.2) is 0 Å². The molecular weight excluding hydrogens is 258 g/mol. The largest absolute Gasteiger partial charge is 0.311 e. The summed E-state index contributed by atoms with van der Waals surface area (Å²) in [6.07, 6.45) is 7.92. The molecule has 0 bridgehead atoms. The highest BCUT2D eigenvalue weighted by Gasteiger charge is 2.16. The number of rotatable bonds is 7. The maximum atomic E-state index is 6.39. The molecule has 1 aliphatic carbocycles. The third-order valence-electron chi connectivity index (χ3n) is 4.19. The van der Waals surface area contributed by atoms with Gasteiger partial charge in [0.2, 0.25) is 0 Å². The van der Waals surface area contributed by atoms with Crippen LogP contribution in [0.2, 0.25) is 5.02 Å². The van der Waals surface area contributed by atoms with E-state index in [9.17, 15) is 0 Å². The molecule has 19 heavy (non-hydrogen) atoms. The lowest BCUT2D eigenvalue weighted by molar-refractivity contribution is 0.471. The minimum atomic E-state index is 0.840. The molecule has 0 aromatic carbocycles. The molecule has 0 amide bonds. The Morgan fingerprint density at radius 2 is 2.05 bits per heavy atom. The summed E-state index contributed by atoms with van der Waals surface area (Å²) in [4.78, 5) is 0. The van der Waals surface area contributed by atoms with Crippen LogP contribution in [0, 0.1) is 5.92 Å². The maximum Gasteiger partial charge on any atom is 0.0863 e. The first-order valence-corrected chi connectivity index (χ1v) is 8.08. The van der Waals surface area contributed by atoms with Crippen molar-refractivity contribution in [1.29, 1.82) is 0 Å². The fraction of sp³-hybridized carbons (Fsp3) is 0.800. The zero-order valence-electron chi connectivity index (χ0n) is 12.2. The van der Waals surface area contributed by atoms with Crippen LogP contribution >= 0.6 is 11.6 Å². The standard InChI is InChI=1S/C15H26ClN3/c1-3-13-15(16)14(19(4-2)18-13)11-17-10-9-12-7-5-6-8-12/h12,17H,3-11H2,1-2H3. The molecule has 4 heteroatoms. The molecule has 1 heterocycles. The Kier molecular flexibility index (Phi) is 5.71. The van der Waals surface area contributed by atoms with E-state index in [1.165, 1.54) is 32.1 Å². The van der Waals surface area contributed by atoms with E-state index < -0.39 is 0 Å². The summed E-state index contributed by atoms with van der Waals surface area (Å²) in [7, 11) is 0. The minimum absolute atomic E-state index is 0.840. The first-order valence-electron chi connectivity index (χ1n) is 7.71. The van der Waals surface area contributed by atoms with Gasteiger partial charge in [0, 0.05) is 13.1 Å². The van der Waals surface area contributed by atoms with E-state index in [-0.39, 0.29) is 0 Å². The number of hydrogen-bond acceptors (Lipinski definition) is 2. The van der Waals surface area contributed by atoms with Crippen LogP contribution in [0.5, 0.6) is 0 Å². The SMILES string of the molecule is CCc1nn(CC)c(CNCCC2CCCC2)c1Cl. The van der Waals surface area contributed by atoms with Gasteiger partial charge in [0.1, 0.15) is 0 Å². The summed E-state index contributed by atoms with van der Waals surface area (Å²) in [6, 6.07) is 0. The lowest BCUT2D eigenvalue weighted by atomic mass is 10.0. The fourth-order valence-electron chi connectivity index (χ4n) is 3.00. The summed E-state index contributed by atoms with van der Waals surface area (Å²) in [5.41, 5.74) is 2.17. The second-order valence-electron chi connectivity index (χ2n) is 5.49. The van der Waals surface area contributed by atoms with E-state index >= 15 is 0 Å². The number of aryl methyl sites for hydroxylation is 2. The van der Waals surface area contributed by atoms with Crippen LogP contribution in [-0.4, -0.2) is 16.3 Å². The van der Waals surface area contributed by atoms with Gasteiger partial charge in [-0.25, -0.2) is 0 Å². The monoisotopic (exact) mass is 283 g/mol. The van der Waals surface area contributed by atoms with Crippen molar-refractivity contribution in [2.45, 2.75) is 65.5 Å². The van der Waals surface area contributed by atoms with Gasteiger partial charge in [-0.05, 0) is 32.2 Å². The fourth-order valence-corrected chi connectivity index (χ4v) is 3.33. The lowest BCUT2D eigenvalue weighted by Gasteiger charge is -2.10. The third kappa shape index (κ3) is 3.73. The van der Waals surface area contributed by atoms with Crippen molar-refractivity contribution >= 4 is 11.6 Å². The molecule has 1 saturated carbocycles. The van der Waals surface area contributed by atoms with Crippen LogP contribution in [0.15, 0.2) is 0 Å². The summed E-state index contributed by atoms with van der Waals surface area (Å²) in [6.45, 7) is 7.04. The first-order chi connectivity index (χ1) is 9.26. The van der Waals surface area contributed by atoms with Crippen LogP contribution in [0.25, 0.3) is 0 Å². The Labute approximate surface area is 121 Å². The van der Waals surface area contributed by atoms with Gasteiger partial charge in [-0.1, -0.05) is 44.2 Å². The van der Waals surface area contributed by atoms with Crippen molar-refractivity contribution < 1.29 is 0 Å². The van der Waals surface area contributed by atoms with Crippen molar-refractivity contribution in [2.24, 2.45) is 5.92 Å².